The fourth-order valence-electron chi connectivity index (χ4n) is 6.88. The van der Waals surface area contributed by atoms with Gasteiger partial charge in [0.2, 0.25) is 0 Å². The molecule has 0 radical (unpaired) electrons. The fraction of sp³-hybridized carbons (Fsp3) is 0.727. The van der Waals surface area contributed by atoms with Crippen LogP contribution in [-0.4, -0.2) is 30.6 Å². The van der Waals surface area contributed by atoms with Crippen molar-refractivity contribution in [2.45, 2.75) is 78.2 Å². The number of hydrogen-bond donors (Lipinski definition) is 1. The summed E-state index contributed by atoms with van der Waals surface area (Å²) in [6, 6.07) is 0. The van der Waals surface area contributed by atoms with E-state index in [1.807, 2.05) is 13.0 Å². The molecule has 6 nitrogen and oxygen atoms in total. The van der Waals surface area contributed by atoms with Gasteiger partial charge in [-0.3, -0.25) is 14.1 Å². The molecule has 0 amide bonds. The third-order valence-corrected chi connectivity index (χ3v) is 9.05. The van der Waals surface area contributed by atoms with Crippen molar-refractivity contribution >= 4 is 22.0 Å². The maximum absolute atomic E-state index is 13.3. The largest absolute Gasteiger partial charge is 0.398 e. The molecule has 7 heteroatoms. The second-order valence-corrected chi connectivity index (χ2v) is 10.8. The van der Waals surface area contributed by atoms with Crippen LogP contribution < -0.4 is 0 Å². The topological polar surface area (TPSA) is 97.7 Å². The Morgan fingerprint density at radius 3 is 2.59 bits per heavy atom. The van der Waals surface area contributed by atoms with E-state index >= 15 is 0 Å². The highest BCUT2D eigenvalue weighted by Gasteiger charge is 2.62. The zero-order valence-corrected chi connectivity index (χ0v) is 18.2. The molecule has 0 aromatic heterocycles. The molecule has 2 fully saturated rings. The summed E-state index contributed by atoms with van der Waals surface area (Å²) >= 11 is 0. The average Bonchev–Trinajstić information content (AvgIpc) is 2.91. The molecule has 2 saturated carbocycles. The first-order valence-corrected chi connectivity index (χ1v) is 12.0. The van der Waals surface area contributed by atoms with Crippen molar-refractivity contribution in [1.82, 2.24) is 0 Å². The lowest BCUT2D eigenvalue weighted by molar-refractivity contribution is -0.143. The molecule has 29 heavy (non-hydrogen) atoms. The van der Waals surface area contributed by atoms with Gasteiger partial charge in [-0.15, -0.1) is 0 Å². The fourth-order valence-corrected chi connectivity index (χ4v) is 7.33. The van der Waals surface area contributed by atoms with Crippen molar-refractivity contribution < 1.29 is 26.7 Å². The SMILES string of the molecule is CC(OS(=O)(=O)O)C(=O)C1(C)CCC2C3CCC4=CC(=O)CCC4=C3CCC21C. The summed E-state index contributed by atoms with van der Waals surface area (Å²) in [4.78, 5) is 25.1. The van der Waals surface area contributed by atoms with Crippen LogP contribution in [0.25, 0.3) is 0 Å². The number of carbonyl (C=O) groups excluding carboxylic acids is 2. The third-order valence-electron chi connectivity index (χ3n) is 8.52. The zero-order valence-electron chi connectivity index (χ0n) is 17.4. The minimum Gasteiger partial charge on any atom is -0.296 e. The van der Waals surface area contributed by atoms with E-state index in [2.05, 4.69) is 11.1 Å². The van der Waals surface area contributed by atoms with E-state index in [0.29, 0.717) is 24.7 Å². The number of fused-ring (bicyclic) bond motifs is 4. The van der Waals surface area contributed by atoms with Gasteiger partial charge in [-0.25, -0.2) is 4.18 Å². The smallest absolute Gasteiger partial charge is 0.296 e. The second-order valence-electron chi connectivity index (χ2n) is 9.71. The van der Waals surface area contributed by atoms with E-state index in [9.17, 15) is 18.0 Å². The highest BCUT2D eigenvalue weighted by Crippen LogP contribution is 2.67. The lowest BCUT2D eigenvalue weighted by Crippen LogP contribution is -2.50. The normalized spacial score (nSPS) is 38.1. The molecule has 5 unspecified atom stereocenters. The number of hydrogen-bond acceptors (Lipinski definition) is 5. The van der Waals surface area contributed by atoms with Crippen molar-refractivity contribution in [3.05, 3.63) is 22.8 Å². The van der Waals surface area contributed by atoms with Crippen molar-refractivity contribution in [2.75, 3.05) is 0 Å². The first-order chi connectivity index (χ1) is 13.5. The number of ketones is 2. The van der Waals surface area contributed by atoms with Gasteiger partial charge in [0.05, 0.1) is 0 Å². The Balaban J connectivity index is 1.65. The summed E-state index contributed by atoms with van der Waals surface area (Å²) in [6.45, 7) is 5.54. The van der Waals surface area contributed by atoms with E-state index in [0.717, 1.165) is 38.5 Å². The average molecular weight is 423 g/mol. The third kappa shape index (κ3) is 3.26. The van der Waals surface area contributed by atoms with Gasteiger partial charge in [0, 0.05) is 11.8 Å². The molecule has 5 atom stereocenters. The Labute approximate surface area is 172 Å². The van der Waals surface area contributed by atoms with Gasteiger partial charge >= 0.3 is 10.4 Å². The Hall–Kier alpha value is -1.31. The predicted octanol–water partition coefficient (Wildman–Crippen LogP) is 3.98. The molecule has 4 aliphatic carbocycles. The summed E-state index contributed by atoms with van der Waals surface area (Å²) in [7, 11) is -4.67. The molecular weight excluding hydrogens is 392 g/mol. The first kappa shape index (κ1) is 20.9. The van der Waals surface area contributed by atoms with Crippen molar-refractivity contribution in [3.8, 4) is 0 Å². The molecule has 0 aliphatic heterocycles. The predicted molar refractivity (Wildman–Crippen MR) is 107 cm³/mol. The second kappa shape index (κ2) is 6.86. The highest BCUT2D eigenvalue weighted by atomic mass is 32.3. The Morgan fingerprint density at radius 1 is 1.17 bits per heavy atom. The Kier molecular flexibility index (Phi) is 4.95. The number of rotatable bonds is 4. The lowest BCUT2D eigenvalue weighted by Gasteiger charge is -2.52. The number of Topliss-reactive ketones (excluding diaryl/α,β-unsaturated/α-hetero) is 1. The monoisotopic (exact) mass is 422 g/mol. The van der Waals surface area contributed by atoms with Gasteiger partial charge in [-0.1, -0.05) is 19.4 Å². The quantitative estimate of drug-likeness (QED) is 0.688. The van der Waals surface area contributed by atoms with Crippen LogP contribution in [0.1, 0.15) is 72.1 Å². The van der Waals surface area contributed by atoms with Gasteiger partial charge in [0.1, 0.15) is 6.10 Å². The van der Waals surface area contributed by atoms with Gasteiger partial charge in [-0.2, -0.15) is 8.42 Å². The van der Waals surface area contributed by atoms with Crippen molar-refractivity contribution in [2.24, 2.45) is 22.7 Å². The van der Waals surface area contributed by atoms with E-state index in [-0.39, 0.29) is 17.0 Å². The summed E-state index contributed by atoms with van der Waals surface area (Å²) in [5.41, 5.74) is 3.20. The maximum atomic E-state index is 13.3. The maximum Gasteiger partial charge on any atom is 0.398 e. The van der Waals surface area contributed by atoms with Crippen LogP contribution >= 0.6 is 0 Å². The van der Waals surface area contributed by atoms with Crippen LogP contribution in [0.3, 0.4) is 0 Å². The van der Waals surface area contributed by atoms with E-state index in [1.54, 1.807) is 0 Å². The van der Waals surface area contributed by atoms with E-state index < -0.39 is 21.9 Å². The van der Waals surface area contributed by atoms with Crippen LogP contribution in [0.5, 0.6) is 0 Å². The van der Waals surface area contributed by atoms with Crippen LogP contribution in [0, 0.1) is 22.7 Å². The standard InChI is InChI=1S/C22H30O6S/c1-13(28-29(25,26)27)20(24)22(3)11-9-19-18-6-4-14-12-15(23)5-7-16(14)17(18)8-10-21(19,22)2/h12-13,18-19H,4-11H2,1-3H3,(H,25,26,27). The van der Waals surface area contributed by atoms with Crippen LogP contribution in [0.4, 0.5) is 0 Å². The molecule has 0 spiro atoms. The Morgan fingerprint density at radius 2 is 1.90 bits per heavy atom. The summed E-state index contributed by atoms with van der Waals surface area (Å²) in [5.74, 6) is 0.789. The molecule has 160 valence electrons. The summed E-state index contributed by atoms with van der Waals surface area (Å²) in [5, 5.41) is 0. The van der Waals surface area contributed by atoms with Crippen LogP contribution in [0.15, 0.2) is 22.8 Å². The molecule has 4 aliphatic rings. The van der Waals surface area contributed by atoms with Crippen molar-refractivity contribution in [3.63, 3.8) is 0 Å². The molecule has 4 rings (SSSR count). The molecule has 0 aromatic carbocycles. The number of allylic oxidation sites excluding steroid dienone is 4. The molecule has 0 heterocycles. The zero-order chi connectivity index (χ0) is 21.2. The summed E-state index contributed by atoms with van der Waals surface area (Å²) in [6.07, 6.45) is 7.44. The van der Waals surface area contributed by atoms with E-state index in [1.165, 1.54) is 23.6 Å². The Bertz CT molecular complexity index is 929. The van der Waals surface area contributed by atoms with Crippen LogP contribution in [-0.2, 0) is 24.2 Å². The van der Waals surface area contributed by atoms with E-state index in [4.69, 9.17) is 4.55 Å². The van der Waals surface area contributed by atoms with Gasteiger partial charge in [0.25, 0.3) is 0 Å². The molecule has 1 N–H and O–H groups in total. The van der Waals surface area contributed by atoms with Gasteiger partial charge < -0.3 is 0 Å². The lowest BCUT2D eigenvalue weighted by atomic mass is 9.51. The van der Waals surface area contributed by atoms with Gasteiger partial charge in [-0.05, 0) is 86.3 Å². The minimum absolute atomic E-state index is 0.232. The molecule has 0 bridgehead atoms. The molecular formula is C22H30O6S. The van der Waals surface area contributed by atoms with Crippen LogP contribution in [0.2, 0.25) is 0 Å². The molecule has 0 saturated heterocycles. The number of carbonyl (C=O) groups is 2. The first-order valence-electron chi connectivity index (χ1n) is 10.6. The van der Waals surface area contributed by atoms with Crippen molar-refractivity contribution in [1.29, 1.82) is 0 Å². The van der Waals surface area contributed by atoms with Gasteiger partial charge in [0.15, 0.2) is 11.6 Å². The molecule has 0 aromatic rings. The minimum atomic E-state index is -4.67. The summed E-state index contributed by atoms with van der Waals surface area (Å²) < 4.78 is 35.9. The highest BCUT2D eigenvalue weighted by molar-refractivity contribution is 7.80.